The van der Waals surface area contributed by atoms with E-state index in [1.165, 1.54) is 11.8 Å². The minimum atomic E-state index is 0.450. The molecule has 0 unspecified atom stereocenters. The van der Waals surface area contributed by atoms with Gasteiger partial charge in [0, 0.05) is 0 Å². The molecule has 0 bridgehead atoms. The minimum Gasteiger partial charge on any atom is -0.338 e. The molecular weight excluding hydrogens is 200 g/mol. The minimum absolute atomic E-state index is 0.450. The third-order valence-electron chi connectivity index (χ3n) is 1.36. The fourth-order valence-electron chi connectivity index (χ4n) is 0.880. The first kappa shape index (κ1) is 11.0. The van der Waals surface area contributed by atoms with Crippen LogP contribution in [0.25, 0.3) is 0 Å². The van der Waals surface area contributed by atoms with Crippen molar-refractivity contribution in [3.05, 3.63) is 11.7 Å². The molecule has 5 nitrogen and oxygen atoms in total. The zero-order valence-electron chi connectivity index (χ0n) is 8.23. The summed E-state index contributed by atoms with van der Waals surface area (Å²) < 4.78 is 4.99. The second-order valence-corrected chi connectivity index (χ2v) is 3.98. The predicted octanol–water partition coefficient (Wildman–Crippen LogP) is 0.888. The van der Waals surface area contributed by atoms with Crippen molar-refractivity contribution in [1.82, 2.24) is 15.0 Å². The van der Waals surface area contributed by atoms with Crippen molar-refractivity contribution < 1.29 is 4.52 Å². The summed E-state index contributed by atoms with van der Waals surface area (Å²) in [7, 11) is 3.89. The van der Waals surface area contributed by atoms with E-state index < -0.39 is 0 Å². The smallest absolute Gasteiger partial charge is 0.236 e. The summed E-state index contributed by atoms with van der Waals surface area (Å²) in [6.07, 6.45) is 0. The zero-order chi connectivity index (χ0) is 10.4. The van der Waals surface area contributed by atoms with Gasteiger partial charge in [0.25, 0.3) is 0 Å². The van der Waals surface area contributed by atoms with Crippen LogP contribution in [0.5, 0.6) is 0 Å². The summed E-state index contributed by atoms with van der Waals surface area (Å²) in [6.45, 7) is 0.673. The van der Waals surface area contributed by atoms with Crippen LogP contribution in [0.2, 0.25) is 0 Å². The molecule has 76 valence electrons. The van der Waals surface area contributed by atoms with Gasteiger partial charge in [-0.2, -0.15) is 10.2 Å². The summed E-state index contributed by atoms with van der Waals surface area (Å²) in [5.74, 6) is 2.32. The molecular formula is C8H12N4OS. The molecule has 0 atom stereocenters. The normalized spacial score (nSPS) is 10.4. The van der Waals surface area contributed by atoms with Crippen LogP contribution in [0.4, 0.5) is 0 Å². The Balaban J connectivity index is 2.39. The number of nitrogens with zero attached hydrogens (tertiary/aromatic N) is 4. The molecule has 1 aromatic heterocycles. The van der Waals surface area contributed by atoms with Crippen LogP contribution in [0.3, 0.4) is 0 Å². The van der Waals surface area contributed by atoms with Crippen molar-refractivity contribution >= 4 is 11.8 Å². The van der Waals surface area contributed by atoms with Crippen LogP contribution in [-0.4, -0.2) is 34.9 Å². The zero-order valence-corrected chi connectivity index (χ0v) is 9.04. The highest BCUT2D eigenvalue weighted by Gasteiger charge is 2.06. The first-order valence-corrected chi connectivity index (χ1v) is 5.28. The molecule has 1 rings (SSSR count). The molecule has 0 aliphatic carbocycles. The van der Waals surface area contributed by atoms with Crippen molar-refractivity contribution in [3.63, 3.8) is 0 Å². The molecule has 0 fully saturated rings. The summed E-state index contributed by atoms with van der Waals surface area (Å²) in [4.78, 5) is 6.14. The standard InChI is InChI=1S/C8H12N4OS/c1-12(2)5-7-10-8(13-11-7)6-14-4-3-9/h4-6H2,1-2H3. The van der Waals surface area contributed by atoms with Crippen LogP contribution in [-0.2, 0) is 12.3 Å². The summed E-state index contributed by atoms with van der Waals surface area (Å²) >= 11 is 1.47. The molecule has 0 aliphatic rings. The molecule has 1 aromatic rings. The van der Waals surface area contributed by atoms with E-state index >= 15 is 0 Å². The van der Waals surface area contributed by atoms with E-state index in [0.29, 0.717) is 29.8 Å². The SMILES string of the molecule is CN(C)Cc1noc(CSCC#N)n1. The third-order valence-corrected chi connectivity index (χ3v) is 2.14. The second kappa shape index (κ2) is 5.62. The van der Waals surface area contributed by atoms with Crippen molar-refractivity contribution in [3.8, 4) is 6.07 Å². The van der Waals surface area contributed by atoms with E-state index in [1.807, 2.05) is 25.1 Å². The van der Waals surface area contributed by atoms with Crippen molar-refractivity contribution in [2.24, 2.45) is 0 Å². The Morgan fingerprint density at radius 1 is 1.57 bits per heavy atom. The van der Waals surface area contributed by atoms with Gasteiger partial charge < -0.3 is 9.42 Å². The highest BCUT2D eigenvalue weighted by atomic mass is 32.2. The van der Waals surface area contributed by atoms with Crippen molar-refractivity contribution in [2.75, 3.05) is 19.8 Å². The maximum atomic E-state index is 8.32. The predicted molar refractivity (Wildman–Crippen MR) is 53.5 cm³/mol. The van der Waals surface area contributed by atoms with E-state index in [1.54, 1.807) is 0 Å². The maximum Gasteiger partial charge on any atom is 0.236 e. The molecule has 14 heavy (non-hydrogen) atoms. The topological polar surface area (TPSA) is 66.0 Å². The molecule has 0 spiro atoms. The van der Waals surface area contributed by atoms with Crippen LogP contribution in [0.15, 0.2) is 4.52 Å². The van der Waals surface area contributed by atoms with Gasteiger partial charge in [-0.3, -0.25) is 0 Å². The highest BCUT2D eigenvalue weighted by molar-refractivity contribution is 7.98. The summed E-state index contributed by atoms with van der Waals surface area (Å²) in [6, 6.07) is 2.04. The average molecular weight is 212 g/mol. The average Bonchev–Trinajstić information content (AvgIpc) is 2.52. The maximum absolute atomic E-state index is 8.32. The Morgan fingerprint density at radius 3 is 3.00 bits per heavy atom. The van der Waals surface area contributed by atoms with Gasteiger partial charge in [-0.25, -0.2) is 0 Å². The molecule has 6 heteroatoms. The molecule has 0 amide bonds. The molecule has 0 N–H and O–H groups in total. The van der Waals surface area contributed by atoms with Gasteiger partial charge in [-0.05, 0) is 14.1 Å². The molecule has 0 saturated heterocycles. The van der Waals surface area contributed by atoms with Crippen molar-refractivity contribution in [2.45, 2.75) is 12.3 Å². The van der Waals surface area contributed by atoms with E-state index in [4.69, 9.17) is 9.78 Å². The summed E-state index contributed by atoms with van der Waals surface area (Å²) in [5.41, 5.74) is 0. The third kappa shape index (κ3) is 3.77. The van der Waals surface area contributed by atoms with Gasteiger partial charge in [-0.15, -0.1) is 11.8 Å². The second-order valence-electron chi connectivity index (χ2n) is 2.99. The quantitative estimate of drug-likeness (QED) is 0.675. The number of aromatic nitrogens is 2. The van der Waals surface area contributed by atoms with Gasteiger partial charge in [-0.1, -0.05) is 5.16 Å². The van der Waals surface area contributed by atoms with E-state index in [0.717, 1.165) is 0 Å². The van der Waals surface area contributed by atoms with Gasteiger partial charge >= 0.3 is 0 Å². The Morgan fingerprint density at radius 2 is 2.36 bits per heavy atom. The Labute approximate surface area is 87.1 Å². The van der Waals surface area contributed by atoms with Crippen LogP contribution < -0.4 is 0 Å². The lowest BCUT2D eigenvalue weighted by Crippen LogP contribution is -2.11. The first-order chi connectivity index (χ1) is 6.72. The molecule has 1 heterocycles. The fourth-order valence-corrected chi connectivity index (χ4v) is 1.37. The lowest BCUT2D eigenvalue weighted by atomic mass is 10.5. The molecule has 0 saturated carbocycles. The van der Waals surface area contributed by atoms with Crippen molar-refractivity contribution in [1.29, 1.82) is 5.26 Å². The molecule has 0 aliphatic heterocycles. The van der Waals surface area contributed by atoms with Gasteiger partial charge in [0.15, 0.2) is 5.82 Å². The van der Waals surface area contributed by atoms with Gasteiger partial charge in [0.2, 0.25) is 5.89 Å². The lowest BCUT2D eigenvalue weighted by molar-refractivity contribution is 0.354. The Kier molecular flexibility index (Phi) is 4.43. The largest absolute Gasteiger partial charge is 0.338 e. The Hall–Kier alpha value is -1.06. The number of rotatable bonds is 5. The highest BCUT2D eigenvalue weighted by Crippen LogP contribution is 2.09. The monoisotopic (exact) mass is 212 g/mol. The molecule has 0 radical (unpaired) electrons. The van der Waals surface area contributed by atoms with Crippen LogP contribution in [0, 0.1) is 11.3 Å². The van der Waals surface area contributed by atoms with E-state index in [-0.39, 0.29) is 0 Å². The first-order valence-electron chi connectivity index (χ1n) is 4.13. The Bertz CT molecular complexity index is 317. The molecule has 0 aromatic carbocycles. The number of thioether (sulfide) groups is 1. The fraction of sp³-hybridized carbons (Fsp3) is 0.625. The van der Waals surface area contributed by atoms with Crippen LogP contribution >= 0.6 is 11.8 Å². The van der Waals surface area contributed by atoms with E-state index in [9.17, 15) is 0 Å². The van der Waals surface area contributed by atoms with Gasteiger partial charge in [0.1, 0.15) is 0 Å². The number of hydrogen-bond acceptors (Lipinski definition) is 6. The van der Waals surface area contributed by atoms with E-state index in [2.05, 4.69) is 10.1 Å². The van der Waals surface area contributed by atoms with Crippen LogP contribution in [0.1, 0.15) is 11.7 Å². The summed E-state index contributed by atoms with van der Waals surface area (Å²) in [5, 5.41) is 12.1. The van der Waals surface area contributed by atoms with Gasteiger partial charge in [0.05, 0.1) is 24.1 Å². The number of hydrogen-bond donors (Lipinski definition) is 0. The lowest BCUT2D eigenvalue weighted by Gasteiger charge is -2.03. The number of nitriles is 1.